The molecule has 2 nitrogen and oxygen atoms in total. The molecule has 1 fully saturated rings. The van der Waals surface area contributed by atoms with E-state index in [4.69, 9.17) is 0 Å². The van der Waals surface area contributed by atoms with Crippen LogP contribution in [0.15, 0.2) is 24.3 Å². The van der Waals surface area contributed by atoms with E-state index in [0.29, 0.717) is 25.1 Å². The number of benzene rings is 1. The number of carbonyl (C=O) groups is 1. The monoisotopic (exact) mass is 303 g/mol. The number of halogens is 4. The third-order valence-electron chi connectivity index (χ3n) is 3.79. The number of likely N-dealkylation sites (tertiary alicyclic amines) is 1. The lowest BCUT2D eigenvalue weighted by Crippen LogP contribution is -2.42. The summed E-state index contributed by atoms with van der Waals surface area (Å²) in [7, 11) is 0. The van der Waals surface area contributed by atoms with Gasteiger partial charge in [-0.1, -0.05) is 0 Å². The molecule has 0 aromatic heterocycles. The first-order valence-electron chi connectivity index (χ1n) is 6.94. The molecule has 2 rings (SSSR count). The summed E-state index contributed by atoms with van der Waals surface area (Å²) in [6, 6.07) is 5.19. The average Bonchev–Trinajstić information content (AvgIpc) is 2.45. The normalized spacial score (nSPS) is 20.5. The van der Waals surface area contributed by atoms with Crippen LogP contribution in [0.5, 0.6) is 0 Å². The summed E-state index contributed by atoms with van der Waals surface area (Å²) in [4.78, 5) is 13.6. The molecule has 0 saturated carbocycles. The van der Waals surface area contributed by atoms with Crippen molar-refractivity contribution in [2.75, 3.05) is 19.6 Å². The maximum absolute atomic E-state index is 12.8. The van der Waals surface area contributed by atoms with Crippen molar-refractivity contribution in [1.82, 2.24) is 4.90 Å². The zero-order valence-electron chi connectivity index (χ0n) is 11.5. The van der Waals surface area contributed by atoms with Crippen LogP contribution in [0.2, 0.25) is 0 Å². The van der Waals surface area contributed by atoms with Gasteiger partial charge in [-0.3, -0.25) is 4.79 Å². The van der Waals surface area contributed by atoms with Gasteiger partial charge in [-0.15, -0.1) is 0 Å². The van der Waals surface area contributed by atoms with Crippen LogP contribution in [-0.4, -0.2) is 36.5 Å². The topological polar surface area (TPSA) is 20.3 Å². The molecular formula is C15H17F4NO. The Morgan fingerprint density at radius 3 is 2.52 bits per heavy atom. The van der Waals surface area contributed by atoms with Gasteiger partial charge in [-0.2, -0.15) is 13.2 Å². The third kappa shape index (κ3) is 4.52. The molecule has 6 heteroatoms. The molecule has 21 heavy (non-hydrogen) atoms. The number of hydrogen-bond acceptors (Lipinski definition) is 2. The smallest absolute Gasteiger partial charge is 0.302 e. The van der Waals surface area contributed by atoms with Crippen LogP contribution in [0.1, 0.15) is 29.6 Å². The van der Waals surface area contributed by atoms with Crippen LogP contribution in [0, 0.1) is 11.7 Å². The molecule has 1 aromatic rings. The fraction of sp³-hybridized carbons (Fsp3) is 0.533. The third-order valence-corrected chi connectivity index (χ3v) is 3.79. The van der Waals surface area contributed by atoms with Crippen molar-refractivity contribution in [2.45, 2.75) is 25.4 Å². The Balaban J connectivity index is 1.85. The van der Waals surface area contributed by atoms with E-state index >= 15 is 0 Å². The van der Waals surface area contributed by atoms with E-state index in [9.17, 15) is 22.4 Å². The molecule has 0 amide bonds. The predicted molar refractivity (Wildman–Crippen MR) is 70.6 cm³/mol. The highest BCUT2D eigenvalue weighted by Gasteiger charge is 2.41. The Morgan fingerprint density at radius 1 is 1.24 bits per heavy atom. The molecule has 1 atom stereocenters. The number of nitrogens with zero attached hydrogens (tertiary/aromatic N) is 1. The van der Waals surface area contributed by atoms with Gasteiger partial charge in [-0.05, 0) is 43.7 Å². The Hall–Kier alpha value is -1.43. The highest BCUT2D eigenvalue weighted by atomic mass is 19.4. The fourth-order valence-corrected chi connectivity index (χ4v) is 2.57. The molecule has 0 N–H and O–H groups in total. The molecule has 1 unspecified atom stereocenters. The zero-order chi connectivity index (χ0) is 15.5. The van der Waals surface area contributed by atoms with Gasteiger partial charge in [-0.25, -0.2) is 4.39 Å². The van der Waals surface area contributed by atoms with E-state index in [2.05, 4.69) is 0 Å². The summed E-state index contributed by atoms with van der Waals surface area (Å²) in [6.45, 7) is 0.853. The first kappa shape index (κ1) is 15.9. The molecule has 0 radical (unpaired) electrons. The zero-order valence-corrected chi connectivity index (χ0v) is 11.5. The van der Waals surface area contributed by atoms with E-state index in [1.165, 1.54) is 24.3 Å². The second-order valence-electron chi connectivity index (χ2n) is 5.36. The SMILES string of the molecule is O=C(CCN1CCCC(C(F)(F)F)C1)c1ccc(F)cc1. The minimum Gasteiger partial charge on any atom is -0.302 e. The van der Waals surface area contributed by atoms with Gasteiger partial charge in [0.2, 0.25) is 0 Å². The van der Waals surface area contributed by atoms with Crippen LogP contribution in [-0.2, 0) is 0 Å². The quantitative estimate of drug-likeness (QED) is 0.625. The lowest BCUT2D eigenvalue weighted by molar-refractivity contribution is -0.186. The van der Waals surface area contributed by atoms with Crippen molar-refractivity contribution < 1.29 is 22.4 Å². The first-order valence-corrected chi connectivity index (χ1v) is 6.94. The number of alkyl halides is 3. The summed E-state index contributed by atoms with van der Waals surface area (Å²) in [5, 5.41) is 0. The van der Waals surface area contributed by atoms with Gasteiger partial charge in [0.05, 0.1) is 5.92 Å². The maximum Gasteiger partial charge on any atom is 0.393 e. The van der Waals surface area contributed by atoms with Crippen LogP contribution in [0.3, 0.4) is 0 Å². The minimum absolute atomic E-state index is 0.0415. The molecule has 1 aliphatic heterocycles. The van der Waals surface area contributed by atoms with Crippen molar-refractivity contribution in [1.29, 1.82) is 0 Å². The standard InChI is InChI=1S/C15H17F4NO/c16-13-5-3-11(4-6-13)14(21)7-9-20-8-1-2-12(10-20)15(17,18)19/h3-6,12H,1-2,7-10H2. The molecule has 0 bridgehead atoms. The van der Waals surface area contributed by atoms with E-state index in [1.54, 1.807) is 4.90 Å². The van der Waals surface area contributed by atoms with E-state index in [1.807, 2.05) is 0 Å². The van der Waals surface area contributed by atoms with Crippen LogP contribution in [0.25, 0.3) is 0 Å². The van der Waals surface area contributed by atoms with Crippen molar-refractivity contribution >= 4 is 5.78 Å². The minimum atomic E-state index is -4.17. The van der Waals surface area contributed by atoms with Gasteiger partial charge in [0.1, 0.15) is 5.82 Å². The van der Waals surface area contributed by atoms with Gasteiger partial charge in [0.15, 0.2) is 5.78 Å². The largest absolute Gasteiger partial charge is 0.393 e. The van der Waals surface area contributed by atoms with E-state index in [0.717, 1.165) is 0 Å². The summed E-state index contributed by atoms with van der Waals surface area (Å²) >= 11 is 0. The van der Waals surface area contributed by atoms with Crippen molar-refractivity contribution in [3.05, 3.63) is 35.6 Å². The van der Waals surface area contributed by atoms with Crippen LogP contribution >= 0.6 is 0 Å². The van der Waals surface area contributed by atoms with Gasteiger partial charge in [0, 0.05) is 25.1 Å². The Kier molecular flexibility index (Phi) is 4.98. The van der Waals surface area contributed by atoms with Crippen molar-refractivity contribution in [3.63, 3.8) is 0 Å². The number of piperidine rings is 1. The molecule has 116 valence electrons. The van der Waals surface area contributed by atoms with Gasteiger partial charge < -0.3 is 4.90 Å². The van der Waals surface area contributed by atoms with Crippen LogP contribution < -0.4 is 0 Å². The van der Waals surface area contributed by atoms with E-state index in [-0.39, 0.29) is 25.2 Å². The van der Waals surface area contributed by atoms with Gasteiger partial charge >= 0.3 is 6.18 Å². The molecule has 1 aliphatic rings. The lowest BCUT2D eigenvalue weighted by Gasteiger charge is -2.33. The predicted octanol–water partition coefficient (Wildman–Crippen LogP) is 3.67. The molecule has 1 aromatic carbocycles. The lowest BCUT2D eigenvalue weighted by atomic mass is 9.97. The highest BCUT2D eigenvalue weighted by Crippen LogP contribution is 2.33. The molecule has 1 heterocycles. The number of hydrogen-bond donors (Lipinski definition) is 0. The van der Waals surface area contributed by atoms with E-state index < -0.39 is 17.9 Å². The molecule has 0 spiro atoms. The Bertz CT molecular complexity index is 483. The number of Topliss-reactive ketones (excluding diaryl/α,β-unsaturated/α-hetero) is 1. The fourth-order valence-electron chi connectivity index (χ4n) is 2.57. The number of carbonyl (C=O) groups excluding carboxylic acids is 1. The summed E-state index contributed by atoms with van der Waals surface area (Å²) < 4.78 is 50.8. The first-order chi connectivity index (χ1) is 9.86. The Labute approximate surface area is 120 Å². The second-order valence-corrected chi connectivity index (χ2v) is 5.36. The Morgan fingerprint density at radius 2 is 1.90 bits per heavy atom. The molecular weight excluding hydrogens is 286 g/mol. The van der Waals surface area contributed by atoms with Gasteiger partial charge in [0.25, 0.3) is 0 Å². The average molecular weight is 303 g/mol. The molecule has 1 saturated heterocycles. The number of rotatable bonds is 4. The summed E-state index contributed by atoms with van der Waals surface area (Å²) in [5.74, 6) is -1.90. The van der Waals surface area contributed by atoms with Crippen LogP contribution in [0.4, 0.5) is 17.6 Å². The highest BCUT2D eigenvalue weighted by molar-refractivity contribution is 5.96. The number of ketones is 1. The molecule has 0 aliphatic carbocycles. The maximum atomic E-state index is 12.8. The summed E-state index contributed by atoms with van der Waals surface area (Å²) in [6.07, 6.45) is -3.36. The second kappa shape index (κ2) is 6.56. The van der Waals surface area contributed by atoms with Crippen molar-refractivity contribution in [3.8, 4) is 0 Å². The van der Waals surface area contributed by atoms with Crippen molar-refractivity contribution in [2.24, 2.45) is 5.92 Å². The summed E-state index contributed by atoms with van der Waals surface area (Å²) in [5.41, 5.74) is 0.390.